The van der Waals surface area contributed by atoms with Crippen LogP contribution in [0.3, 0.4) is 0 Å². The molecule has 1 aliphatic rings. The Balaban J connectivity index is 1.82. The highest BCUT2D eigenvalue weighted by Crippen LogP contribution is 2.15. The van der Waals surface area contributed by atoms with Gasteiger partial charge in [-0.2, -0.15) is 0 Å². The second kappa shape index (κ2) is 6.40. The van der Waals surface area contributed by atoms with Crippen molar-refractivity contribution in [1.29, 1.82) is 0 Å². The fraction of sp³-hybridized carbons (Fsp3) is 0.500. The summed E-state index contributed by atoms with van der Waals surface area (Å²) in [5.74, 6) is 0. The van der Waals surface area contributed by atoms with Crippen molar-refractivity contribution < 1.29 is 9.53 Å². The van der Waals surface area contributed by atoms with Crippen molar-refractivity contribution >= 4 is 11.7 Å². The van der Waals surface area contributed by atoms with Crippen molar-refractivity contribution in [3.8, 4) is 0 Å². The third-order valence-electron chi connectivity index (χ3n) is 3.16. The van der Waals surface area contributed by atoms with Crippen LogP contribution in [0.4, 0.5) is 10.5 Å². The van der Waals surface area contributed by atoms with Gasteiger partial charge in [0.25, 0.3) is 0 Å². The first-order chi connectivity index (χ1) is 8.79. The lowest BCUT2D eigenvalue weighted by molar-refractivity contribution is 0.112. The minimum Gasteiger partial charge on any atom is -0.376 e. The molecule has 0 aromatic heterocycles. The summed E-state index contributed by atoms with van der Waals surface area (Å²) >= 11 is 0. The first-order valence-corrected chi connectivity index (χ1v) is 6.54. The molecule has 0 radical (unpaired) electrons. The number of anilines is 1. The van der Waals surface area contributed by atoms with Crippen LogP contribution >= 0.6 is 0 Å². The van der Waals surface area contributed by atoms with E-state index in [4.69, 9.17) is 4.74 Å². The molecule has 1 aromatic carbocycles. The van der Waals surface area contributed by atoms with Gasteiger partial charge in [0.05, 0.1) is 6.10 Å². The molecular formula is C14H20N2O2. The van der Waals surface area contributed by atoms with Crippen molar-refractivity contribution in [3.63, 3.8) is 0 Å². The summed E-state index contributed by atoms with van der Waals surface area (Å²) in [5.41, 5.74) is 2.02. The molecule has 2 N–H and O–H groups in total. The van der Waals surface area contributed by atoms with Crippen molar-refractivity contribution in [2.75, 3.05) is 18.5 Å². The number of hydrogen-bond donors (Lipinski definition) is 2. The number of urea groups is 1. The number of carbonyl (C=O) groups excluding carboxylic acids is 1. The number of rotatable bonds is 4. The monoisotopic (exact) mass is 248 g/mol. The topological polar surface area (TPSA) is 50.4 Å². The van der Waals surface area contributed by atoms with Gasteiger partial charge in [-0.15, -0.1) is 0 Å². The van der Waals surface area contributed by atoms with Crippen molar-refractivity contribution in [1.82, 2.24) is 5.32 Å². The van der Waals surface area contributed by atoms with Crippen LogP contribution < -0.4 is 10.6 Å². The van der Waals surface area contributed by atoms with E-state index in [9.17, 15) is 4.79 Å². The molecule has 4 nitrogen and oxygen atoms in total. The molecule has 0 saturated carbocycles. The third kappa shape index (κ3) is 3.47. The molecule has 1 saturated heterocycles. The zero-order valence-electron chi connectivity index (χ0n) is 10.7. The van der Waals surface area contributed by atoms with Crippen LogP contribution in [-0.2, 0) is 11.2 Å². The fourth-order valence-electron chi connectivity index (χ4n) is 2.13. The Morgan fingerprint density at radius 2 is 2.28 bits per heavy atom. The normalized spacial score (nSPS) is 18.6. The highest BCUT2D eigenvalue weighted by Gasteiger charge is 2.16. The SMILES string of the molecule is CCc1ccccc1NC(=O)NC[C@H]1CCCO1. The van der Waals surface area contributed by atoms with E-state index in [1.807, 2.05) is 24.3 Å². The van der Waals surface area contributed by atoms with Crippen molar-refractivity contribution in [2.45, 2.75) is 32.3 Å². The molecule has 1 fully saturated rings. The van der Waals surface area contributed by atoms with Crippen molar-refractivity contribution in [3.05, 3.63) is 29.8 Å². The molecule has 1 aliphatic heterocycles. The number of hydrogen-bond acceptors (Lipinski definition) is 2. The van der Waals surface area contributed by atoms with E-state index in [0.29, 0.717) is 6.54 Å². The second-order valence-electron chi connectivity index (χ2n) is 4.48. The van der Waals surface area contributed by atoms with Crippen LogP contribution in [0, 0.1) is 0 Å². The molecule has 0 bridgehead atoms. The number of nitrogens with one attached hydrogen (secondary N) is 2. The van der Waals surface area contributed by atoms with Gasteiger partial charge in [0.1, 0.15) is 0 Å². The Labute approximate surface area is 108 Å². The lowest BCUT2D eigenvalue weighted by Crippen LogP contribution is -2.35. The first kappa shape index (κ1) is 12.9. The van der Waals surface area contributed by atoms with Gasteiger partial charge < -0.3 is 15.4 Å². The molecule has 0 aliphatic carbocycles. The number of ether oxygens (including phenoxy) is 1. The van der Waals surface area contributed by atoms with Gasteiger partial charge in [0.2, 0.25) is 0 Å². The van der Waals surface area contributed by atoms with E-state index < -0.39 is 0 Å². The molecule has 98 valence electrons. The number of aryl methyl sites for hydroxylation is 1. The molecule has 1 atom stereocenters. The summed E-state index contributed by atoms with van der Waals surface area (Å²) in [4.78, 5) is 11.8. The van der Waals surface area contributed by atoms with Crippen LogP contribution in [0.25, 0.3) is 0 Å². The smallest absolute Gasteiger partial charge is 0.319 e. The highest BCUT2D eigenvalue weighted by molar-refractivity contribution is 5.90. The van der Waals surface area contributed by atoms with Crippen molar-refractivity contribution in [2.24, 2.45) is 0 Å². The van der Waals surface area contributed by atoms with Gasteiger partial charge in [0.15, 0.2) is 0 Å². The maximum Gasteiger partial charge on any atom is 0.319 e. The van der Waals surface area contributed by atoms with E-state index >= 15 is 0 Å². The van der Waals surface area contributed by atoms with Crippen LogP contribution in [0.1, 0.15) is 25.3 Å². The van der Waals surface area contributed by atoms with Gasteiger partial charge >= 0.3 is 6.03 Å². The van der Waals surface area contributed by atoms with Crippen LogP contribution in [0.15, 0.2) is 24.3 Å². The summed E-state index contributed by atoms with van der Waals surface area (Å²) in [5, 5.41) is 5.73. The minimum atomic E-state index is -0.161. The van der Waals surface area contributed by atoms with Gasteiger partial charge in [-0.3, -0.25) is 0 Å². The molecule has 1 heterocycles. The summed E-state index contributed by atoms with van der Waals surface area (Å²) in [7, 11) is 0. The summed E-state index contributed by atoms with van der Waals surface area (Å²) in [6.07, 6.45) is 3.21. The lowest BCUT2D eigenvalue weighted by Gasteiger charge is -2.13. The Morgan fingerprint density at radius 1 is 1.44 bits per heavy atom. The van der Waals surface area contributed by atoms with Gasteiger partial charge in [-0.25, -0.2) is 4.79 Å². The van der Waals surface area contributed by atoms with E-state index in [-0.39, 0.29) is 12.1 Å². The zero-order valence-corrected chi connectivity index (χ0v) is 10.7. The zero-order chi connectivity index (χ0) is 12.8. The molecule has 2 rings (SSSR count). The number of carbonyl (C=O) groups is 1. The predicted octanol–water partition coefficient (Wildman–Crippen LogP) is 2.55. The number of benzene rings is 1. The fourth-order valence-corrected chi connectivity index (χ4v) is 2.13. The van der Waals surface area contributed by atoms with Crippen LogP contribution in [0.2, 0.25) is 0 Å². The summed E-state index contributed by atoms with van der Waals surface area (Å²) in [6, 6.07) is 7.69. The van der Waals surface area contributed by atoms with Crippen LogP contribution in [0.5, 0.6) is 0 Å². The second-order valence-corrected chi connectivity index (χ2v) is 4.48. The third-order valence-corrected chi connectivity index (χ3v) is 3.16. The molecule has 2 amide bonds. The van der Waals surface area contributed by atoms with E-state index in [0.717, 1.165) is 37.1 Å². The Hall–Kier alpha value is -1.55. The standard InChI is InChI=1S/C14H20N2O2/c1-2-11-6-3-4-8-13(11)16-14(17)15-10-12-7-5-9-18-12/h3-4,6,8,12H,2,5,7,9-10H2,1H3,(H2,15,16,17)/t12-/m1/s1. The predicted molar refractivity (Wildman–Crippen MR) is 71.8 cm³/mol. The maximum atomic E-state index is 11.8. The number of amides is 2. The van der Waals surface area contributed by atoms with E-state index in [1.165, 1.54) is 0 Å². The Morgan fingerprint density at radius 3 is 3.00 bits per heavy atom. The molecule has 4 heteroatoms. The minimum absolute atomic E-state index is 0.161. The van der Waals surface area contributed by atoms with Gasteiger partial charge in [0, 0.05) is 18.8 Å². The van der Waals surface area contributed by atoms with Gasteiger partial charge in [-0.1, -0.05) is 25.1 Å². The lowest BCUT2D eigenvalue weighted by atomic mass is 10.1. The molecule has 18 heavy (non-hydrogen) atoms. The Kier molecular flexibility index (Phi) is 4.59. The van der Waals surface area contributed by atoms with Gasteiger partial charge in [-0.05, 0) is 30.9 Å². The van der Waals surface area contributed by atoms with E-state index in [2.05, 4.69) is 17.6 Å². The highest BCUT2D eigenvalue weighted by atomic mass is 16.5. The number of para-hydroxylation sites is 1. The molecular weight excluding hydrogens is 228 g/mol. The Bertz CT molecular complexity index is 401. The molecule has 1 aromatic rings. The molecule has 0 unspecified atom stereocenters. The van der Waals surface area contributed by atoms with Crippen LogP contribution in [-0.4, -0.2) is 25.3 Å². The average Bonchev–Trinajstić information content (AvgIpc) is 2.90. The maximum absolute atomic E-state index is 11.8. The summed E-state index contributed by atoms with van der Waals surface area (Å²) in [6.45, 7) is 3.47. The first-order valence-electron chi connectivity index (χ1n) is 6.54. The average molecular weight is 248 g/mol. The quantitative estimate of drug-likeness (QED) is 0.860. The summed E-state index contributed by atoms with van der Waals surface area (Å²) < 4.78 is 5.46. The molecule has 0 spiro atoms. The largest absolute Gasteiger partial charge is 0.376 e. The van der Waals surface area contributed by atoms with E-state index in [1.54, 1.807) is 0 Å².